The quantitative estimate of drug-likeness (QED) is 0.776. The van der Waals surface area contributed by atoms with Gasteiger partial charge in [-0.25, -0.2) is 0 Å². The standard InChI is InChI=1S/C15H28N2S/c1-12(2)13-4-3-8-17(9-5-13)11-15(6-7-15)10-14(16)18/h12-13H,3-11H2,1-2H3,(H2,16,18). The van der Waals surface area contributed by atoms with Crippen LogP contribution in [0.2, 0.25) is 0 Å². The first-order valence-electron chi connectivity index (χ1n) is 7.51. The third-order valence-electron chi connectivity index (χ3n) is 4.87. The molecule has 3 heteroatoms. The second-order valence-electron chi connectivity index (χ2n) is 6.85. The van der Waals surface area contributed by atoms with Gasteiger partial charge in [-0.2, -0.15) is 0 Å². The Morgan fingerprint density at radius 1 is 1.33 bits per heavy atom. The van der Waals surface area contributed by atoms with Gasteiger partial charge in [0.2, 0.25) is 0 Å². The maximum atomic E-state index is 5.73. The predicted octanol–water partition coefficient (Wildman–Crippen LogP) is 3.20. The highest BCUT2D eigenvalue weighted by Gasteiger charge is 2.44. The van der Waals surface area contributed by atoms with E-state index in [1.807, 2.05) is 0 Å². The van der Waals surface area contributed by atoms with Crippen molar-refractivity contribution in [3.8, 4) is 0 Å². The SMILES string of the molecule is CC(C)C1CCCN(CC2(CC(N)=S)CC2)CC1. The van der Waals surface area contributed by atoms with Crippen LogP contribution in [0.3, 0.4) is 0 Å². The van der Waals surface area contributed by atoms with Gasteiger partial charge in [0.1, 0.15) is 0 Å². The molecule has 0 radical (unpaired) electrons. The predicted molar refractivity (Wildman–Crippen MR) is 81.7 cm³/mol. The Kier molecular flexibility index (Phi) is 4.65. The molecule has 2 rings (SSSR count). The molecule has 0 bridgehead atoms. The normalized spacial score (nSPS) is 28.1. The summed E-state index contributed by atoms with van der Waals surface area (Å²) in [6.45, 7) is 8.53. The number of thiocarbonyl (C=S) groups is 1. The van der Waals surface area contributed by atoms with Gasteiger partial charge < -0.3 is 10.6 Å². The summed E-state index contributed by atoms with van der Waals surface area (Å²) in [7, 11) is 0. The summed E-state index contributed by atoms with van der Waals surface area (Å²) in [6.07, 6.45) is 7.78. The van der Waals surface area contributed by atoms with Gasteiger partial charge in [0, 0.05) is 13.0 Å². The van der Waals surface area contributed by atoms with E-state index in [9.17, 15) is 0 Å². The maximum absolute atomic E-state index is 5.73. The molecule has 0 spiro atoms. The highest BCUT2D eigenvalue weighted by atomic mass is 32.1. The summed E-state index contributed by atoms with van der Waals surface area (Å²) in [5, 5.41) is 0. The molecule has 0 amide bonds. The van der Waals surface area contributed by atoms with Gasteiger partial charge >= 0.3 is 0 Å². The highest BCUT2D eigenvalue weighted by molar-refractivity contribution is 7.80. The minimum atomic E-state index is 0.462. The Balaban J connectivity index is 1.82. The fourth-order valence-corrected chi connectivity index (χ4v) is 3.72. The van der Waals surface area contributed by atoms with Crippen molar-refractivity contribution in [2.75, 3.05) is 19.6 Å². The Hall–Kier alpha value is -0.150. The first-order chi connectivity index (χ1) is 8.51. The van der Waals surface area contributed by atoms with Crippen molar-refractivity contribution in [2.24, 2.45) is 23.0 Å². The number of likely N-dealkylation sites (tertiary alicyclic amines) is 1. The van der Waals surface area contributed by atoms with E-state index in [1.165, 1.54) is 51.7 Å². The molecular weight excluding hydrogens is 240 g/mol. The van der Waals surface area contributed by atoms with Crippen LogP contribution in [-0.2, 0) is 0 Å². The summed E-state index contributed by atoms with van der Waals surface area (Å²) in [6, 6.07) is 0. The van der Waals surface area contributed by atoms with E-state index in [4.69, 9.17) is 18.0 Å². The molecule has 1 aliphatic carbocycles. The summed E-state index contributed by atoms with van der Waals surface area (Å²) < 4.78 is 0. The number of hydrogen-bond donors (Lipinski definition) is 1. The zero-order valence-electron chi connectivity index (χ0n) is 12.0. The van der Waals surface area contributed by atoms with Crippen molar-refractivity contribution in [1.82, 2.24) is 4.90 Å². The average molecular weight is 268 g/mol. The van der Waals surface area contributed by atoms with Crippen molar-refractivity contribution in [3.05, 3.63) is 0 Å². The minimum absolute atomic E-state index is 0.462. The van der Waals surface area contributed by atoms with E-state index >= 15 is 0 Å². The minimum Gasteiger partial charge on any atom is -0.393 e. The van der Waals surface area contributed by atoms with Crippen LogP contribution in [0, 0.1) is 17.3 Å². The number of nitrogens with two attached hydrogens (primary N) is 1. The summed E-state index contributed by atoms with van der Waals surface area (Å²) >= 11 is 5.09. The van der Waals surface area contributed by atoms with Gasteiger partial charge in [-0.1, -0.05) is 26.1 Å². The molecule has 1 unspecified atom stereocenters. The van der Waals surface area contributed by atoms with E-state index in [-0.39, 0.29) is 0 Å². The van der Waals surface area contributed by atoms with Crippen molar-refractivity contribution < 1.29 is 0 Å². The van der Waals surface area contributed by atoms with Crippen LogP contribution in [-0.4, -0.2) is 29.5 Å². The highest BCUT2D eigenvalue weighted by Crippen LogP contribution is 2.49. The van der Waals surface area contributed by atoms with E-state index in [1.54, 1.807) is 0 Å². The monoisotopic (exact) mass is 268 g/mol. The molecule has 104 valence electrons. The van der Waals surface area contributed by atoms with Crippen LogP contribution in [0.25, 0.3) is 0 Å². The largest absolute Gasteiger partial charge is 0.393 e. The smallest absolute Gasteiger partial charge is 0.0733 e. The van der Waals surface area contributed by atoms with Crippen LogP contribution in [0.1, 0.15) is 52.4 Å². The lowest BCUT2D eigenvalue weighted by molar-refractivity contribution is 0.224. The Morgan fingerprint density at radius 2 is 2.06 bits per heavy atom. The molecule has 2 fully saturated rings. The molecule has 2 N–H and O–H groups in total. The van der Waals surface area contributed by atoms with E-state index < -0.39 is 0 Å². The van der Waals surface area contributed by atoms with Gasteiger partial charge in [-0.15, -0.1) is 0 Å². The van der Waals surface area contributed by atoms with E-state index in [2.05, 4.69) is 18.7 Å². The molecule has 1 aliphatic heterocycles. The molecule has 0 aromatic carbocycles. The van der Waals surface area contributed by atoms with Crippen LogP contribution >= 0.6 is 12.2 Å². The summed E-state index contributed by atoms with van der Waals surface area (Å²) in [5.74, 6) is 1.78. The second-order valence-corrected chi connectivity index (χ2v) is 7.38. The van der Waals surface area contributed by atoms with Crippen molar-refractivity contribution in [1.29, 1.82) is 0 Å². The Labute approximate surface area is 117 Å². The van der Waals surface area contributed by atoms with E-state index in [0.29, 0.717) is 10.4 Å². The Morgan fingerprint density at radius 3 is 2.61 bits per heavy atom. The topological polar surface area (TPSA) is 29.3 Å². The number of hydrogen-bond acceptors (Lipinski definition) is 2. The van der Waals surface area contributed by atoms with Gasteiger partial charge in [0.25, 0.3) is 0 Å². The molecule has 0 aromatic heterocycles. The van der Waals surface area contributed by atoms with Gasteiger partial charge in [0.15, 0.2) is 0 Å². The summed E-state index contributed by atoms with van der Waals surface area (Å²) in [4.78, 5) is 3.38. The van der Waals surface area contributed by atoms with Crippen LogP contribution in [0.5, 0.6) is 0 Å². The van der Waals surface area contributed by atoms with Crippen LogP contribution < -0.4 is 5.73 Å². The Bertz CT molecular complexity index is 297. The lowest BCUT2D eigenvalue weighted by Gasteiger charge is -2.26. The lowest BCUT2D eigenvalue weighted by Crippen LogP contribution is -2.33. The molecule has 1 saturated heterocycles. The van der Waals surface area contributed by atoms with Gasteiger partial charge in [-0.3, -0.25) is 0 Å². The lowest BCUT2D eigenvalue weighted by atomic mass is 9.89. The molecule has 18 heavy (non-hydrogen) atoms. The molecule has 2 nitrogen and oxygen atoms in total. The van der Waals surface area contributed by atoms with Crippen molar-refractivity contribution in [2.45, 2.75) is 52.4 Å². The van der Waals surface area contributed by atoms with Gasteiger partial charge in [0.05, 0.1) is 4.99 Å². The average Bonchev–Trinajstić information content (AvgIpc) is 3.03. The number of nitrogens with zero attached hydrogens (tertiary/aromatic N) is 1. The number of rotatable bonds is 5. The zero-order chi connectivity index (χ0) is 13.2. The summed E-state index contributed by atoms with van der Waals surface area (Å²) in [5.41, 5.74) is 6.19. The molecular formula is C15H28N2S. The van der Waals surface area contributed by atoms with Crippen molar-refractivity contribution in [3.63, 3.8) is 0 Å². The fourth-order valence-electron chi connectivity index (χ4n) is 3.42. The first kappa shape index (κ1) is 14.3. The molecule has 1 saturated carbocycles. The zero-order valence-corrected chi connectivity index (χ0v) is 12.8. The molecule has 2 aliphatic rings. The van der Waals surface area contributed by atoms with Gasteiger partial charge in [-0.05, 0) is 62.4 Å². The second kappa shape index (κ2) is 5.87. The third-order valence-corrected chi connectivity index (χ3v) is 5.02. The fraction of sp³-hybridized carbons (Fsp3) is 0.933. The molecule has 0 aromatic rings. The van der Waals surface area contributed by atoms with Crippen LogP contribution in [0.15, 0.2) is 0 Å². The maximum Gasteiger partial charge on any atom is 0.0733 e. The first-order valence-corrected chi connectivity index (χ1v) is 7.92. The molecule has 1 heterocycles. The van der Waals surface area contributed by atoms with Crippen molar-refractivity contribution >= 4 is 17.2 Å². The third kappa shape index (κ3) is 3.92. The molecule has 1 atom stereocenters. The van der Waals surface area contributed by atoms with Crippen LogP contribution in [0.4, 0.5) is 0 Å². The van der Waals surface area contributed by atoms with E-state index in [0.717, 1.165) is 18.3 Å².